The van der Waals surface area contributed by atoms with Crippen molar-refractivity contribution in [3.8, 4) is 0 Å². The molecule has 0 atom stereocenters. The van der Waals surface area contributed by atoms with E-state index in [4.69, 9.17) is 9.47 Å². The van der Waals surface area contributed by atoms with E-state index >= 15 is 0 Å². The summed E-state index contributed by atoms with van der Waals surface area (Å²) in [4.78, 5) is 25.2. The number of hydrogen-bond donors (Lipinski definition) is 0. The van der Waals surface area contributed by atoms with Gasteiger partial charge in [0.2, 0.25) is 0 Å². The number of piperidine rings is 1. The van der Waals surface area contributed by atoms with Gasteiger partial charge < -0.3 is 14.4 Å². The molecule has 1 rings (SSSR count). The number of likely N-dealkylation sites (tertiary alicyclic amines) is 1. The topological polar surface area (TPSA) is 55.8 Å². The van der Waals surface area contributed by atoms with Crippen LogP contribution >= 0.6 is 0 Å². The van der Waals surface area contributed by atoms with Gasteiger partial charge >= 0.3 is 12.1 Å². The zero-order chi connectivity index (χ0) is 20.5. The Kier molecular flexibility index (Phi) is 14.8. The average Bonchev–Trinajstić information content (AvgIpc) is 2.73. The van der Waals surface area contributed by atoms with Crippen LogP contribution in [0.4, 0.5) is 4.79 Å². The van der Waals surface area contributed by atoms with Crippen LogP contribution in [0.25, 0.3) is 0 Å². The van der Waals surface area contributed by atoms with Gasteiger partial charge in [-0.3, -0.25) is 4.79 Å². The van der Waals surface area contributed by atoms with Gasteiger partial charge in [-0.05, 0) is 19.3 Å². The maximum Gasteiger partial charge on any atom is 0.409 e. The summed E-state index contributed by atoms with van der Waals surface area (Å²) >= 11 is 0. The van der Waals surface area contributed by atoms with Crippen LogP contribution in [0.3, 0.4) is 0 Å². The predicted molar refractivity (Wildman–Crippen MR) is 113 cm³/mol. The Bertz CT molecular complexity index is 405. The third-order valence-corrected chi connectivity index (χ3v) is 5.75. The molecule has 0 radical (unpaired) electrons. The average molecular weight is 398 g/mol. The number of methoxy groups -OCH3 is 1. The van der Waals surface area contributed by atoms with Crippen molar-refractivity contribution in [3.63, 3.8) is 0 Å². The Labute approximate surface area is 172 Å². The fourth-order valence-electron chi connectivity index (χ4n) is 3.84. The highest BCUT2D eigenvalue weighted by atomic mass is 16.5. The van der Waals surface area contributed by atoms with Crippen LogP contribution in [0, 0.1) is 5.92 Å². The molecule has 1 saturated heterocycles. The number of amides is 1. The molecule has 1 aliphatic rings. The van der Waals surface area contributed by atoms with Gasteiger partial charge in [0, 0.05) is 13.1 Å². The quantitative estimate of drug-likeness (QED) is 0.247. The minimum Gasteiger partial charge on any atom is -0.465 e. The van der Waals surface area contributed by atoms with Crippen molar-refractivity contribution >= 4 is 12.1 Å². The van der Waals surface area contributed by atoms with E-state index < -0.39 is 0 Å². The van der Waals surface area contributed by atoms with Gasteiger partial charge in [0.05, 0.1) is 19.6 Å². The summed E-state index contributed by atoms with van der Waals surface area (Å²) in [7, 11) is 1.39. The largest absolute Gasteiger partial charge is 0.465 e. The highest BCUT2D eigenvalue weighted by molar-refractivity contribution is 5.73. The normalized spacial score (nSPS) is 14.9. The van der Waals surface area contributed by atoms with Gasteiger partial charge in [0.1, 0.15) is 0 Å². The zero-order valence-electron chi connectivity index (χ0n) is 18.4. The van der Waals surface area contributed by atoms with Crippen LogP contribution in [-0.4, -0.2) is 43.8 Å². The Morgan fingerprint density at radius 2 is 1.25 bits per heavy atom. The molecule has 0 aromatic carbocycles. The van der Waals surface area contributed by atoms with Crippen LogP contribution in [-0.2, 0) is 14.3 Å². The van der Waals surface area contributed by atoms with Crippen molar-refractivity contribution in [2.45, 2.75) is 103 Å². The smallest absolute Gasteiger partial charge is 0.409 e. The van der Waals surface area contributed by atoms with E-state index in [1.807, 2.05) is 0 Å². The van der Waals surface area contributed by atoms with Crippen LogP contribution in [0.2, 0.25) is 0 Å². The lowest BCUT2D eigenvalue weighted by Gasteiger charge is -2.29. The molecule has 0 aromatic rings. The summed E-state index contributed by atoms with van der Waals surface area (Å²) in [6.45, 7) is 3.95. The zero-order valence-corrected chi connectivity index (χ0v) is 18.4. The van der Waals surface area contributed by atoms with Crippen molar-refractivity contribution in [2.24, 2.45) is 5.92 Å². The van der Waals surface area contributed by atoms with Gasteiger partial charge in [0.25, 0.3) is 0 Å². The van der Waals surface area contributed by atoms with E-state index in [1.165, 1.54) is 77.7 Å². The lowest BCUT2D eigenvalue weighted by atomic mass is 9.97. The minimum atomic E-state index is -0.307. The summed E-state index contributed by atoms with van der Waals surface area (Å²) in [6.07, 6.45) is 18.1. The van der Waals surface area contributed by atoms with E-state index in [0.29, 0.717) is 32.5 Å². The van der Waals surface area contributed by atoms with Gasteiger partial charge in [-0.2, -0.15) is 0 Å². The molecule has 1 amide bonds. The SMILES string of the molecule is CCCCCCCCCCCCCCCOC(=O)C1CCN(C(=O)OC)CC1. The lowest BCUT2D eigenvalue weighted by Crippen LogP contribution is -2.40. The fraction of sp³-hybridized carbons (Fsp3) is 0.913. The summed E-state index contributed by atoms with van der Waals surface area (Å²) in [5.74, 6) is -0.161. The molecule has 1 fully saturated rings. The number of carbonyl (C=O) groups is 2. The van der Waals surface area contributed by atoms with Gasteiger partial charge in [-0.1, -0.05) is 84.0 Å². The molecule has 0 aromatic heterocycles. The Morgan fingerprint density at radius 1 is 0.786 bits per heavy atom. The third-order valence-electron chi connectivity index (χ3n) is 5.75. The summed E-state index contributed by atoms with van der Waals surface area (Å²) in [5.41, 5.74) is 0. The maximum atomic E-state index is 12.1. The lowest BCUT2D eigenvalue weighted by molar-refractivity contribution is -0.150. The van der Waals surface area contributed by atoms with Crippen LogP contribution in [0.1, 0.15) is 103 Å². The summed E-state index contributed by atoms with van der Waals surface area (Å²) in [6, 6.07) is 0. The van der Waals surface area contributed by atoms with Crippen molar-refractivity contribution in [2.75, 3.05) is 26.8 Å². The first kappa shape index (κ1) is 24.8. The van der Waals surface area contributed by atoms with Crippen LogP contribution in [0.5, 0.6) is 0 Å². The van der Waals surface area contributed by atoms with E-state index in [0.717, 1.165) is 12.8 Å². The summed E-state index contributed by atoms with van der Waals surface area (Å²) < 4.78 is 10.1. The first-order valence-corrected chi connectivity index (χ1v) is 11.7. The first-order valence-electron chi connectivity index (χ1n) is 11.7. The predicted octanol–water partition coefficient (Wildman–Crippen LogP) is 6.10. The monoisotopic (exact) mass is 397 g/mol. The second-order valence-corrected chi connectivity index (χ2v) is 8.14. The van der Waals surface area contributed by atoms with Crippen molar-refractivity contribution < 1.29 is 19.1 Å². The highest BCUT2D eigenvalue weighted by Crippen LogP contribution is 2.19. The van der Waals surface area contributed by atoms with E-state index in [1.54, 1.807) is 4.90 Å². The molecule has 0 saturated carbocycles. The number of unbranched alkanes of at least 4 members (excludes halogenated alkanes) is 12. The molecular weight excluding hydrogens is 354 g/mol. The molecule has 28 heavy (non-hydrogen) atoms. The van der Waals surface area contributed by atoms with Gasteiger partial charge in [0.15, 0.2) is 0 Å². The molecular formula is C23H43NO4. The number of esters is 1. The van der Waals surface area contributed by atoms with Crippen molar-refractivity contribution in [1.82, 2.24) is 4.90 Å². The third kappa shape index (κ3) is 11.6. The molecule has 0 N–H and O–H groups in total. The van der Waals surface area contributed by atoms with E-state index in [2.05, 4.69) is 6.92 Å². The number of rotatable bonds is 15. The fourth-order valence-corrected chi connectivity index (χ4v) is 3.84. The first-order chi connectivity index (χ1) is 13.7. The molecule has 0 bridgehead atoms. The summed E-state index contributed by atoms with van der Waals surface area (Å²) in [5, 5.41) is 0. The minimum absolute atomic E-state index is 0.0668. The number of hydrogen-bond acceptors (Lipinski definition) is 4. The molecule has 1 heterocycles. The molecule has 0 aliphatic carbocycles. The Morgan fingerprint density at radius 3 is 1.71 bits per heavy atom. The Hall–Kier alpha value is -1.26. The number of nitrogens with zero attached hydrogens (tertiary/aromatic N) is 1. The molecule has 0 spiro atoms. The molecule has 5 nitrogen and oxygen atoms in total. The second kappa shape index (κ2) is 16.7. The molecule has 164 valence electrons. The van der Waals surface area contributed by atoms with E-state index in [9.17, 15) is 9.59 Å². The van der Waals surface area contributed by atoms with Crippen LogP contribution in [0.15, 0.2) is 0 Å². The second-order valence-electron chi connectivity index (χ2n) is 8.14. The molecule has 0 unspecified atom stereocenters. The van der Waals surface area contributed by atoms with Gasteiger partial charge in [-0.15, -0.1) is 0 Å². The molecule has 5 heteroatoms. The van der Waals surface area contributed by atoms with Gasteiger partial charge in [-0.25, -0.2) is 4.79 Å². The molecule has 1 aliphatic heterocycles. The maximum absolute atomic E-state index is 12.1. The van der Waals surface area contributed by atoms with Crippen molar-refractivity contribution in [1.29, 1.82) is 0 Å². The van der Waals surface area contributed by atoms with E-state index in [-0.39, 0.29) is 18.0 Å². The van der Waals surface area contributed by atoms with Crippen molar-refractivity contribution in [3.05, 3.63) is 0 Å². The Balaban J connectivity index is 1.86. The number of ether oxygens (including phenoxy) is 2. The highest BCUT2D eigenvalue weighted by Gasteiger charge is 2.28. The van der Waals surface area contributed by atoms with Crippen LogP contribution < -0.4 is 0 Å². The standard InChI is InChI=1S/C23H43NO4/c1-3-4-5-6-7-8-9-10-11-12-13-14-15-20-28-22(25)21-16-18-24(19-17-21)23(26)27-2/h21H,3-20H2,1-2H3. The number of carbonyl (C=O) groups excluding carboxylic acids is 2.